The molecular formula is C21H20BrCl2IN2O6. The second-order valence-electron chi connectivity index (χ2n) is 5.96. The maximum Gasteiger partial charge on any atom is 0.411 e. The fraction of sp³-hybridized carbons (Fsp3) is 0.238. The summed E-state index contributed by atoms with van der Waals surface area (Å²) < 4.78 is 10.4. The number of benzene rings is 2. The molecule has 0 fully saturated rings. The van der Waals surface area contributed by atoms with E-state index >= 15 is 0 Å². The van der Waals surface area contributed by atoms with Crippen molar-refractivity contribution >= 4 is 95.8 Å². The molecule has 2 rings (SSSR count). The van der Waals surface area contributed by atoms with Crippen LogP contribution >= 0.6 is 61.7 Å². The minimum atomic E-state index is -0.568. The van der Waals surface area contributed by atoms with Crippen LogP contribution < -0.4 is 10.6 Å². The summed E-state index contributed by atoms with van der Waals surface area (Å²) in [6, 6.07) is 12.7. The highest BCUT2D eigenvalue weighted by molar-refractivity contribution is 14.1. The van der Waals surface area contributed by atoms with Gasteiger partial charge in [-0.2, -0.15) is 0 Å². The summed E-state index contributed by atoms with van der Waals surface area (Å²) in [6.45, 7) is 0.686. The maximum absolute atomic E-state index is 11.3. The second-order valence-corrected chi connectivity index (χ2v) is 8.52. The minimum absolute atomic E-state index is 0.324. The second kappa shape index (κ2) is 16.7. The number of carbonyl (C=O) groups is 4. The van der Waals surface area contributed by atoms with Crippen LogP contribution in [0.4, 0.5) is 21.0 Å². The van der Waals surface area contributed by atoms with Crippen molar-refractivity contribution in [3.05, 3.63) is 59.7 Å². The lowest BCUT2D eigenvalue weighted by Gasteiger charge is -2.06. The zero-order chi connectivity index (χ0) is 24.6. The summed E-state index contributed by atoms with van der Waals surface area (Å²) in [5.74, 6) is 0. The molecule has 2 aromatic carbocycles. The first-order valence-corrected chi connectivity index (χ1v) is 12.8. The van der Waals surface area contributed by atoms with E-state index in [1.807, 2.05) is 0 Å². The van der Waals surface area contributed by atoms with E-state index in [1.165, 1.54) is 12.1 Å². The van der Waals surface area contributed by atoms with E-state index in [0.29, 0.717) is 35.7 Å². The van der Waals surface area contributed by atoms with Crippen LogP contribution in [0.5, 0.6) is 0 Å². The molecule has 0 unspecified atom stereocenters. The average Bonchev–Trinajstić information content (AvgIpc) is 2.78. The third-order valence-electron chi connectivity index (χ3n) is 3.49. The van der Waals surface area contributed by atoms with Crippen LogP contribution in [0, 0.1) is 0 Å². The zero-order valence-corrected chi connectivity index (χ0v) is 22.4. The van der Waals surface area contributed by atoms with Crippen LogP contribution in [-0.2, 0) is 9.47 Å². The quantitative estimate of drug-likeness (QED) is 0.137. The summed E-state index contributed by atoms with van der Waals surface area (Å²) in [5.41, 5.74) is 1.60. The highest BCUT2D eigenvalue weighted by atomic mass is 127. The molecule has 0 saturated carbocycles. The van der Waals surface area contributed by atoms with Crippen LogP contribution in [0.1, 0.15) is 27.1 Å². The van der Waals surface area contributed by atoms with Gasteiger partial charge in [0.2, 0.25) is 0 Å². The van der Waals surface area contributed by atoms with Crippen molar-refractivity contribution in [1.29, 1.82) is 0 Å². The van der Waals surface area contributed by atoms with E-state index in [4.69, 9.17) is 32.7 Å². The first-order chi connectivity index (χ1) is 15.8. The van der Waals surface area contributed by atoms with E-state index in [-0.39, 0.29) is 0 Å². The van der Waals surface area contributed by atoms with Gasteiger partial charge in [-0.25, -0.2) is 9.59 Å². The van der Waals surface area contributed by atoms with E-state index in [2.05, 4.69) is 49.2 Å². The molecule has 2 aromatic rings. The van der Waals surface area contributed by atoms with Crippen LogP contribution in [-0.4, -0.2) is 45.6 Å². The Morgan fingerprint density at radius 3 is 1.67 bits per heavy atom. The van der Waals surface area contributed by atoms with Gasteiger partial charge < -0.3 is 9.47 Å². The fourth-order valence-electron chi connectivity index (χ4n) is 2.10. The van der Waals surface area contributed by atoms with Gasteiger partial charge in [-0.1, -0.05) is 50.7 Å². The van der Waals surface area contributed by atoms with Gasteiger partial charge in [-0.3, -0.25) is 20.2 Å². The lowest BCUT2D eigenvalue weighted by atomic mass is 10.2. The Hall–Kier alpha value is -1.89. The lowest BCUT2D eigenvalue weighted by Crippen LogP contribution is -2.14. The number of alkyl halides is 2. The first-order valence-electron chi connectivity index (χ1n) is 9.36. The SMILES string of the molecule is O=C(Nc1cccc(C(=O)Cl)c1)OCCCBr.O=C(Nc1cccc(C(=O)Cl)c1)OCCI. The molecule has 12 heteroatoms. The molecule has 0 bridgehead atoms. The third-order valence-corrected chi connectivity index (χ3v) is 4.93. The molecule has 8 nitrogen and oxygen atoms in total. The Morgan fingerprint density at radius 2 is 1.27 bits per heavy atom. The zero-order valence-electron chi connectivity index (χ0n) is 17.1. The number of nitrogens with one attached hydrogen (secondary N) is 2. The smallest absolute Gasteiger partial charge is 0.411 e. The van der Waals surface area contributed by atoms with Gasteiger partial charge in [-0.05, 0) is 66.0 Å². The van der Waals surface area contributed by atoms with Gasteiger partial charge >= 0.3 is 12.2 Å². The monoisotopic (exact) mass is 672 g/mol. The van der Waals surface area contributed by atoms with Crippen LogP contribution in [0.25, 0.3) is 0 Å². The Labute approximate surface area is 222 Å². The van der Waals surface area contributed by atoms with E-state index < -0.39 is 22.7 Å². The third kappa shape index (κ3) is 12.8. The largest absolute Gasteiger partial charge is 0.449 e. The summed E-state index contributed by atoms with van der Waals surface area (Å²) in [4.78, 5) is 44.3. The predicted octanol–water partition coefficient (Wildman–Crippen LogP) is 6.45. The van der Waals surface area contributed by atoms with Gasteiger partial charge in [0, 0.05) is 32.3 Å². The fourth-order valence-corrected chi connectivity index (χ4v) is 2.78. The molecule has 33 heavy (non-hydrogen) atoms. The number of ether oxygens (including phenoxy) is 2. The summed E-state index contributed by atoms with van der Waals surface area (Å²) >= 11 is 16.0. The predicted molar refractivity (Wildman–Crippen MR) is 140 cm³/mol. The van der Waals surface area contributed by atoms with Crippen molar-refractivity contribution in [1.82, 2.24) is 0 Å². The van der Waals surface area contributed by atoms with Crippen molar-refractivity contribution in [2.75, 3.05) is 33.6 Å². The van der Waals surface area contributed by atoms with Crippen LogP contribution in [0.15, 0.2) is 48.5 Å². The molecule has 0 aromatic heterocycles. The molecule has 0 aliphatic rings. The molecule has 0 heterocycles. The van der Waals surface area contributed by atoms with Crippen molar-refractivity contribution in [3.63, 3.8) is 0 Å². The van der Waals surface area contributed by atoms with Crippen LogP contribution in [0.3, 0.4) is 0 Å². The summed E-state index contributed by atoms with van der Waals surface area (Å²) in [5, 5.41) is 4.65. The Balaban J connectivity index is 0.000000331. The van der Waals surface area contributed by atoms with Gasteiger partial charge in [0.1, 0.15) is 6.61 Å². The molecule has 2 amide bonds. The molecule has 0 saturated heterocycles. The lowest BCUT2D eigenvalue weighted by molar-refractivity contribution is 0.107. The number of halogens is 4. The summed E-state index contributed by atoms with van der Waals surface area (Å²) in [6.07, 6.45) is -0.353. The van der Waals surface area contributed by atoms with Gasteiger partial charge in [0.05, 0.1) is 6.61 Å². The molecule has 2 N–H and O–H groups in total. The summed E-state index contributed by atoms with van der Waals surface area (Å²) in [7, 11) is 0. The highest BCUT2D eigenvalue weighted by Crippen LogP contribution is 2.14. The number of hydrogen-bond acceptors (Lipinski definition) is 6. The first kappa shape index (κ1) is 29.1. The molecule has 0 spiro atoms. The van der Waals surface area contributed by atoms with E-state index in [1.54, 1.807) is 36.4 Å². The number of carbonyl (C=O) groups excluding carboxylic acids is 4. The van der Waals surface area contributed by atoms with Crippen molar-refractivity contribution in [2.24, 2.45) is 0 Å². The Bertz CT molecular complexity index is 964. The number of anilines is 2. The molecule has 0 radical (unpaired) electrons. The molecule has 178 valence electrons. The highest BCUT2D eigenvalue weighted by Gasteiger charge is 2.07. The van der Waals surface area contributed by atoms with E-state index in [9.17, 15) is 19.2 Å². The topological polar surface area (TPSA) is 111 Å². The number of amides is 2. The van der Waals surface area contributed by atoms with Gasteiger partial charge in [0.15, 0.2) is 0 Å². The van der Waals surface area contributed by atoms with Crippen LogP contribution in [0.2, 0.25) is 0 Å². The minimum Gasteiger partial charge on any atom is -0.449 e. The average molecular weight is 674 g/mol. The molecular weight excluding hydrogens is 654 g/mol. The molecule has 0 aliphatic heterocycles. The normalized spacial score (nSPS) is 9.70. The Morgan fingerprint density at radius 1 is 0.818 bits per heavy atom. The maximum atomic E-state index is 11.3. The Kier molecular flexibility index (Phi) is 14.7. The standard InChI is InChI=1S/C11H11BrClNO3.C10H9ClINO3/c12-5-2-6-17-11(16)14-9-4-1-3-8(7-9)10(13)15;11-9(14)7-2-1-3-8(6-7)13-10(15)16-5-4-12/h1,3-4,7H,2,5-6H2,(H,14,16);1-3,6H,4-5H2,(H,13,15). The van der Waals surface area contributed by atoms with E-state index in [0.717, 1.165) is 16.2 Å². The van der Waals surface area contributed by atoms with Crippen molar-refractivity contribution < 1.29 is 28.7 Å². The number of hydrogen-bond donors (Lipinski definition) is 2. The van der Waals surface area contributed by atoms with Gasteiger partial charge in [-0.15, -0.1) is 0 Å². The van der Waals surface area contributed by atoms with Crippen molar-refractivity contribution in [2.45, 2.75) is 6.42 Å². The molecule has 0 aliphatic carbocycles. The number of rotatable bonds is 9. The van der Waals surface area contributed by atoms with Gasteiger partial charge in [0.25, 0.3) is 10.5 Å². The molecule has 0 atom stereocenters. The van der Waals surface area contributed by atoms with Crippen molar-refractivity contribution in [3.8, 4) is 0 Å².